The molecule has 2 aliphatic rings. The second-order valence-corrected chi connectivity index (χ2v) is 7.74. The number of amides is 2. The van der Waals surface area contributed by atoms with Crippen molar-refractivity contribution >= 4 is 11.8 Å². The summed E-state index contributed by atoms with van der Waals surface area (Å²) in [7, 11) is 3.20. The van der Waals surface area contributed by atoms with E-state index in [2.05, 4.69) is 5.32 Å². The molecule has 2 fully saturated rings. The van der Waals surface area contributed by atoms with Crippen LogP contribution in [0.3, 0.4) is 0 Å². The highest BCUT2D eigenvalue weighted by Crippen LogP contribution is 2.35. The van der Waals surface area contributed by atoms with E-state index in [0.717, 1.165) is 31.2 Å². The molecule has 27 heavy (non-hydrogen) atoms. The van der Waals surface area contributed by atoms with Gasteiger partial charge in [0.1, 0.15) is 17.0 Å². The Bertz CT molecular complexity index is 699. The average Bonchev–Trinajstić information content (AvgIpc) is 2.98. The van der Waals surface area contributed by atoms with Gasteiger partial charge in [0.2, 0.25) is 11.8 Å². The molecule has 148 valence electrons. The largest absolute Gasteiger partial charge is 0.497 e. The first-order valence-electron chi connectivity index (χ1n) is 9.80. The first kappa shape index (κ1) is 19.5. The summed E-state index contributed by atoms with van der Waals surface area (Å²) in [5, 5.41) is 3.20. The first-order chi connectivity index (χ1) is 13.0. The molecule has 1 aromatic rings. The van der Waals surface area contributed by atoms with Crippen molar-refractivity contribution in [3.8, 4) is 11.5 Å². The van der Waals surface area contributed by atoms with Crippen molar-refractivity contribution in [1.29, 1.82) is 0 Å². The predicted octanol–water partition coefficient (Wildman–Crippen LogP) is 3.03. The highest BCUT2D eigenvalue weighted by atomic mass is 16.5. The van der Waals surface area contributed by atoms with Crippen molar-refractivity contribution in [3.63, 3.8) is 0 Å². The summed E-state index contributed by atoms with van der Waals surface area (Å²) >= 11 is 0. The van der Waals surface area contributed by atoms with E-state index >= 15 is 0 Å². The van der Waals surface area contributed by atoms with Crippen LogP contribution in [-0.4, -0.2) is 42.5 Å². The highest BCUT2D eigenvalue weighted by molar-refractivity contribution is 5.94. The quantitative estimate of drug-likeness (QED) is 0.831. The number of hydrogen-bond donors (Lipinski definition) is 1. The van der Waals surface area contributed by atoms with Gasteiger partial charge in [-0.05, 0) is 38.3 Å². The molecular weight excluding hydrogens is 344 g/mol. The number of carbonyl (C=O) groups is 2. The Hall–Kier alpha value is -2.24. The Labute approximate surface area is 161 Å². The Morgan fingerprint density at radius 3 is 2.63 bits per heavy atom. The maximum absolute atomic E-state index is 13.1. The topological polar surface area (TPSA) is 67.9 Å². The minimum absolute atomic E-state index is 0.00849. The van der Waals surface area contributed by atoms with Crippen LogP contribution in [0.25, 0.3) is 0 Å². The Morgan fingerprint density at radius 1 is 1.22 bits per heavy atom. The first-order valence-corrected chi connectivity index (χ1v) is 9.80. The summed E-state index contributed by atoms with van der Waals surface area (Å²) < 4.78 is 10.7. The molecule has 1 aromatic carbocycles. The third-order valence-corrected chi connectivity index (χ3v) is 5.97. The molecule has 1 aliphatic carbocycles. The maximum atomic E-state index is 13.1. The molecule has 0 radical (unpaired) electrons. The van der Waals surface area contributed by atoms with Gasteiger partial charge in [-0.1, -0.05) is 19.3 Å². The van der Waals surface area contributed by atoms with Crippen LogP contribution in [0.2, 0.25) is 0 Å². The minimum atomic E-state index is -0.820. The van der Waals surface area contributed by atoms with E-state index in [0.29, 0.717) is 30.9 Å². The van der Waals surface area contributed by atoms with E-state index in [1.807, 2.05) is 19.1 Å². The molecule has 6 nitrogen and oxygen atoms in total. The van der Waals surface area contributed by atoms with Gasteiger partial charge in [-0.3, -0.25) is 9.59 Å². The number of carbonyl (C=O) groups excluding carboxylic acids is 2. The summed E-state index contributed by atoms with van der Waals surface area (Å²) in [6, 6.07) is 5.77. The zero-order valence-corrected chi connectivity index (χ0v) is 16.5. The van der Waals surface area contributed by atoms with Gasteiger partial charge in [-0.2, -0.15) is 0 Å². The van der Waals surface area contributed by atoms with Gasteiger partial charge in [-0.25, -0.2) is 0 Å². The van der Waals surface area contributed by atoms with E-state index in [-0.39, 0.29) is 17.9 Å². The van der Waals surface area contributed by atoms with Gasteiger partial charge >= 0.3 is 0 Å². The summed E-state index contributed by atoms with van der Waals surface area (Å²) in [6.45, 7) is 2.23. The van der Waals surface area contributed by atoms with E-state index in [9.17, 15) is 9.59 Å². The number of nitrogens with zero attached hydrogens (tertiary/aromatic N) is 1. The van der Waals surface area contributed by atoms with Crippen molar-refractivity contribution in [2.45, 2.75) is 70.0 Å². The monoisotopic (exact) mass is 374 g/mol. The minimum Gasteiger partial charge on any atom is -0.497 e. The predicted molar refractivity (Wildman–Crippen MR) is 103 cm³/mol. The van der Waals surface area contributed by atoms with Crippen LogP contribution in [0.5, 0.6) is 11.5 Å². The van der Waals surface area contributed by atoms with Gasteiger partial charge in [0, 0.05) is 24.1 Å². The highest BCUT2D eigenvalue weighted by Gasteiger charge is 2.47. The number of likely N-dealkylation sites (tertiary alicyclic amines) is 1. The molecule has 2 amide bonds. The molecule has 0 aromatic heterocycles. The van der Waals surface area contributed by atoms with Crippen molar-refractivity contribution in [1.82, 2.24) is 10.2 Å². The molecule has 1 saturated carbocycles. The fraction of sp³-hybridized carbons (Fsp3) is 0.619. The van der Waals surface area contributed by atoms with Gasteiger partial charge < -0.3 is 19.7 Å². The third-order valence-electron chi connectivity index (χ3n) is 5.97. The summed E-state index contributed by atoms with van der Waals surface area (Å²) in [5.41, 5.74) is 0.0460. The number of hydrogen-bond acceptors (Lipinski definition) is 4. The fourth-order valence-electron chi connectivity index (χ4n) is 4.13. The van der Waals surface area contributed by atoms with Crippen LogP contribution in [0.15, 0.2) is 18.2 Å². The zero-order valence-electron chi connectivity index (χ0n) is 16.5. The second kappa shape index (κ2) is 8.19. The molecular formula is C21H30N2O4. The number of benzene rings is 1. The molecule has 6 heteroatoms. The third kappa shape index (κ3) is 4.04. The van der Waals surface area contributed by atoms with Crippen LogP contribution < -0.4 is 14.8 Å². The Balaban J connectivity index is 1.78. The molecule has 1 atom stereocenters. The van der Waals surface area contributed by atoms with Crippen LogP contribution >= 0.6 is 0 Å². The molecule has 0 bridgehead atoms. The average molecular weight is 374 g/mol. The summed E-state index contributed by atoms with van der Waals surface area (Å²) in [4.78, 5) is 27.4. The van der Waals surface area contributed by atoms with E-state index < -0.39 is 5.54 Å². The van der Waals surface area contributed by atoms with Gasteiger partial charge in [0.25, 0.3) is 0 Å². The van der Waals surface area contributed by atoms with Crippen molar-refractivity contribution in [2.75, 3.05) is 14.2 Å². The SMILES string of the molecule is COc1ccc(CN2C(=O)CC[C@]2(C)C(=O)NC2CCCCC2)c(OC)c1. The molecule has 1 N–H and O–H groups in total. The van der Waals surface area contributed by atoms with Crippen molar-refractivity contribution < 1.29 is 19.1 Å². The fourth-order valence-corrected chi connectivity index (χ4v) is 4.13. The van der Waals surface area contributed by atoms with Crippen LogP contribution in [0, 0.1) is 0 Å². The zero-order chi connectivity index (χ0) is 19.4. The Kier molecular flexibility index (Phi) is 5.92. The number of rotatable bonds is 6. The second-order valence-electron chi connectivity index (χ2n) is 7.74. The number of ether oxygens (including phenoxy) is 2. The van der Waals surface area contributed by atoms with E-state index in [1.165, 1.54) is 6.42 Å². The number of methoxy groups -OCH3 is 2. The maximum Gasteiger partial charge on any atom is 0.245 e. The lowest BCUT2D eigenvalue weighted by Crippen LogP contribution is -2.56. The van der Waals surface area contributed by atoms with E-state index in [1.54, 1.807) is 25.2 Å². The van der Waals surface area contributed by atoms with Gasteiger partial charge in [-0.15, -0.1) is 0 Å². The molecule has 1 aliphatic heterocycles. The molecule has 1 saturated heterocycles. The number of nitrogens with one attached hydrogen (secondary N) is 1. The lowest BCUT2D eigenvalue weighted by molar-refractivity contribution is -0.141. The van der Waals surface area contributed by atoms with Crippen LogP contribution in [-0.2, 0) is 16.1 Å². The summed E-state index contributed by atoms with van der Waals surface area (Å²) in [6.07, 6.45) is 6.56. The van der Waals surface area contributed by atoms with E-state index in [4.69, 9.17) is 9.47 Å². The molecule has 1 heterocycles. The van der Waals surface area contributed by atoms with Crippen LogP contribution in [0.1, 0.15) is 57.4 Å². The normalized spacial score (nSPS) is 23.4. The van der Waals surface area contributed by atoms with Crippen molar-refractivity contribution in [3.05, 3.63) is 23.8 Å². The van der Waals surface area contributed by atoms with Crippen LogP contribution in [0.4, 0.5) is 0 Å². The lowest BCUT2D eigenvalue weighted by Gasteiger charge is -2.36. The Morgan fingerprint density at radius 2 is 1.96 bits per heavy atom. The van der Waals surface area contributed by atoms with Gasteiger partial charge in [0.05, 0.1) is 20.8 Å². The molecule has 0 unspecified atom stereocenters. The van der Waals surface area contributed by atoms with Crippen molar-refractivity contribution in [2.24, 2.45) is 0 Å². The molecule has 0 spiro atoms. The smallest absolute Gasteiger partial charge is 0.245 e. The lowest BCUT2D eigenvalue weighted by atomic mass is 9.92. The van der Waals surface area contributed by atoms with Gasteiger partial charge in [0.15, 0.2) is 0 Å². The standard InChI is InChI=1S/C21H30N2O4/c1-21(20(25)22-16-7-5-4-6-8-16)12-11-19(24)23(21)14-15-9-10-17(26-2)13-18(15)27-3/h9-10,13,16H,4-8,11-12,14H2,1-3H3,(H,22,25)/t21-/m1/s1. The molecule has 3 rings (SSSR count). The summed E-state index contributed by atoms with van der Waals surface area (Å²) in [5.74, 6) is 1.33.